The Labute approximate surface area is 326 Å². The maximum Gasteiger partial charge on any atom is 0.135 e. The highest BCUT2D eigenvalue weighted by Crippen LogP contribution is 2.64. The van der Waals surface area contributed by atoms with Gasteiger partial charge in [-0.1, -0.05) is 72.3 Å². The minimum absolute atomic E-state index is 0.0864. The fourth-order valence-electron chi connectivity index (χ4n) is 11.6. The molecule has 3 saturated carbocycles. The highest BCUT2D eigenvalue weighted by Gasteiger charge is 2.61. The van der Waals surface area contributed by atoms with Gasteiger partial charge in [-0.25, -0.2) is 0 Å². The first-order valence-electron chi connectivity index (χ1n) is 22.7. The van der Waals surface area contributed by atoms with Gasteiger partial charge in [0.2, 0.25) is 0 Å². The highest BCUT2D eigenvalue weighted by molar-refractivity contribution is 5.11. The lowest BCUT2D eigenvalue weighted by molar-refractivity contribution is -0.208. The average Bonchev–Trinajstić information content (AvgIpc) is 3.94. The van der Waals surface area contributed by atoms with Crippen LogP contribution in [0.1, 0.15) is 150 Å². The zero-order valence-electron chi connectivity index (χ0n) is 35.0. The van der Waals surface area contributed by atoms with Crippen LogP contribution in [0.2, 0.25) is 0 Å². The molecule has 12 atom stereocenters. The lowest BCUT2D eigenvalue weighted by Gasteiger charge is -2.63. The summed E-state index contributed by atoms with van der Waals surface area (Å²) in [5.41, 5.74) is 18.0. The van der Waals surface area contributed by atoms with Crippen molar-refractivity contribution < 1.29 is 18.9 Å². The lowest BCUT2D eigenvalue weighted by Crippen LogP contribution is -2.61. The SMILES string of the molecule is C=CC1CCC(OCCCN)CCC1(C)[C@H]1C[C@H](OCCCN)C2(C)C([C@H](C)CCC3O[C@H]3NCCCCCCCC)CCC[C@H]2C1COCCCN. The van der Waals surface area contributed by atoms with Crippen molar-refractivity contribution in [1.29, 1.82) is 0 Å². The van der Waals surface area contributed by atoms with Crippen LogP contribution in [0.5, 0.6) is 0 Å². The van der Waals surface area contributed by atoms with Crippen LogP contribution in [0.4, 0.5) is 0 Å². The number of unbranched alkanes of at least 4 members (excludes halogenated alkanes) is 5. The minimum Gasteiger partial charge on any atom is -0.381 e. The van der Waals surface area contributed by atoms with Crippen molar-refractivity contribution in [3.8, 4) is 0 Å². The van der Waals surface area contributed by atoms with Crippen LogP contribution in [-0.4, -0.2) is 77.1 Å². The van der Waals surface area contributed by atoms with Crippen molar-refractivity contribution in [2.45, 2.75) is 174 Å². The predicted octanol–water partition coefficient (Wildman–Crippen LogP) is 8.35. The number of hydrogen-bond donors (Lipinski definition) is 4. The molecular weight excluding hydrogens is 661 g/mol. The summed E-state index contributed by atoms with van der Waals surface area (Å²) in [6, 6.07) is 0. The number of fused-ring (bicyclic) bond motifs is 1. The summed E-state index contributed by atoms with van der Waals surface area (Å²) in [4.78, 5) is 0. The van der Waals surface area contributed by atoms with Gasteiger partial charge < -0.3 is 36.1 Å². The second-order valence-corrected chi connectivity index (χ2v) is 18.2. The maximum atomic E-state index is 7.13. The second kappa shape index (κ2) is 23.6. The number of ether oxygens (including phenoxy) is 4. The first-order valence-corrected chi connectivity index (χ1v) is 22.7. The van der Waals surface area contributed by atoms with Crippen molar-refractivity contribution in [2.75, 3.05) is 52.6 Å². The van der Waals surface area contributed by atoms with Gasteiger partial charge in [0.1, 0.15) is 6.23 Å². The van der Waals surface area contributed by atoms with Gasteiger partial charge in [-0.3, -0.25) is 5.32 Å². The average molecular weight is 747 g/mol. The van der Waals surface area contributed by atoms with Crippen LogP contribution in [-0.2, 0) is 18.9 Å². The molecule has 8 nitrogen and oxygen atoms in total. The summed E-state index contributed by atoms with van der Waals surface area (Å²) in [5, 5.41) is 3.70. The largest absolute Gasteiger partial charge is 0.381 e. The van der Waals surface area contributed by atoms with E-state index in [9.17, 15) is 0 Å². The quantitative estimate of drug-likeness (QED) is 0.0286. The van der Waals surface area contributed by atoms with E-state index >= 15 is 0 Å². The molecule has 1 heterocycles. The molecule has 3 aliphatic carbocycles. The van der Waals surface area contributed by atoms with Gasteiger partial charge in [0.25, 0.3) is 0 Å². The van der Waals surface area contributed by atoms with E-state index in [0.29, 0.717) is 67.3 Å². The number of allylic oxidation sites excluding steroid dienone is 1. The molecule has 1 saturated heterocycles. The van der Waals surface area contributed by atoms with Crippen molar-refractivity contribution in [2.24, 2.45) is 63.5 Å². The van der Waals surface area contributed by atoms with E-state index in [1.807, 2.05) is 0 Å². The Balaban J connectivity index is 1.51. The standard InChI is InChI=1S/C45H86N4O4/c1-6-8-9-10-11-12-28-49-43-41(53-43)22-19-34(3)38-17-13-18-39-37(33-50-29-14-25-46)40(32-42(45(38,39)5)52-31-16-27-48)44(4)24-23-36(51-30-15-26-47)21-20-35(44)7-2/h7,34-43,49H,2,6,8-33,46-48H2,1,3-5H3/t34-,35?,36?,37?,38?,39+,40+,41?,42+,43-,44?,45?/m1/s1. The van der Waals surface area contributed by atoms with Gasteiger partial charge in [0.15, 0.2) is 0 Å². The van der Waals surface area contributed by atoms with E-state index < -0.39 is 0 Å². The molecule has 0 aromatic carbocycles. The zero-order valence-corrected chi connectivity index (χ0v) is 35.0. The lowest BCUT2D eigenvalue weighted by atomic mass is 9.43. The monoisotopic (exact) mass is 747 g/mol. The smallest absolute Gasteiger partial charge is 0.135 e. The Kier molecular flexibility index (Phi) is 20.1. The summed E-state index contributed by atoms with van der Waals surface area (Å²) in [5.74, 6) is 3.18. The third-order valence-corrected chi connectivity index (χ3v) is 14.8. The molecule has 310 valence electrons. The first kappa shape index (κ1) is 45.1. The molecular formula is C45H86N4O4. The summed E-state index contributed by atoms with van der Waals surface area (Å²) in [7, 11) is 0. The molecule has 0 amide bonds. The van der Waals surface area contributed by atoms with Gasteiger partial charge in [0, 0.05) is 31.8 Å². The molecule has 4 fully saturated rings. The van der Waals surface area contributed by atoms with Gasteiger partial charge in [0.05, 0.1) is 18.3 Å². The molecule has 0 aromatic rings. The summed E-state index contributed by atoms with van der Waals surface area (Å²) < 4.78 is 26.3. The topological polar surface area (TPSA) is 130 Å². The molecule has 0 spiro atoms. The third-order valence-electron chi connectivity index (χ3n) is 14.8. The van der Waals surface area contributed by atoms with Crippen LogP contribution >= 0.6 is 0 Å². The fourth-order valence-corrected chi connectivity index (χ4v) is 11.6. The van der Waals surface area contributed by atoms with Crippen LogP contribution in [0.3, 0.4) is 0 Å². The number of hydrogen-bond acceptors (Lipinski definition) is 8. The highest BCUT2D eigenvalue weighted by atomic mass is 16.6. The molecule has 53 heavy (non-hydrogen) atoms. The Bertz CT molecular complexity index is 1000. The molecule has 0 radical (unpaired) electrons. The van der Waals surface area contributed by atoms with Crippen LogP contribution < -0.4 is 22.5 Å². The molecule has 7 N–H and O–H groups in total. The van der Waals surface area contributed by atoms with Crippen molar-refractivity contribution in [3.63, 3.8) is 0 Å². The van der Waals surface area contributed by atoms with E-state index in [1.54, 1.807) is 0 Å². The summed E-state index contributed by atoms with van der Waals surface area (Å²) >= 11 is 0. The van der Waals surface area contributed by atoms with E-state index in [-0.39, 0.29) is 23.2 Å². The molecule has 0 aromatic heterocycles. The van der Waals surface area contributed by atoms with Crippen molar-refractivity contribution in [1.82, 2.24) is 5.32 Å². The van der Waals surface area contributed by atoms with Gasteiger partial charge >= 0.3 is 0 Å². The molecule has 4 rings (SSSR count). The maximum absolute atomic E-state index is 7.13. The molecule has 8 heteroatoms. The van der Waals surface area contributed by atoms with E-state index in [0.717, 1.165) is 90.8 Å². The third kappa shape index (κ3) is 12.5. The Morgan fingerprint density at radius 1 is 0.849 bits per heavy atom. The van der Waals surface area contributed by atoms with E-state index in [4.69, 9.17) is 36.1 Å². The molecule has 1 aliphatic heterocycles. The normalized spacial score (nSPS) is 36.5. The van der Waals surface area contributed by atoms with E-state index in [2.05, 4.69) is 45.7 Å². The molecule has 0 bridgehead atoms. The zero-order chi connectivity index (χ0) is 38.1. The van der Waals surface area contributed by atoms with Crippen LogP contribution in [0.15, 0.2) is 12.7 Å². The Morgan fingerprint density at radius 3 is 2.30 bits per heavy atom. The number of nitrogens with one attached hydrogen (secondary N) is 1. The minimum atomic E-state index is 0.0864. The number of rotatable bonds is 27. The predicted molar refractivity (Wildman–Crippen MR) is 221 cm³/mol. The van der Waals surface area contributed by atoms with Gasteiger partial charge in [-0.05, 0) is 151 Å². The van der Waals surface area contributed by atoms with Crippen molar-refractivity contribution in [3.05, 3.63) is 12.7 Å². The number of epoxide rings is 1. The Hall–Kier alpha value is -0.580. The van der Waals surface area contributed by atoms with Gasteiger partial charge in [-0.15, -0.1) is 6.58 Å². The molecule has 4 aliphatic rings. The van der Waals surface area contributed by atoms with Crippen LogP contribution in [0, 0.1) is 46.3 Å². The first-order chi connectivity index (χ1) is 25.8. The summed E-state index contributed by atoms with van der Waals surface area (Å²) in [6.07, 6.45) is 25.9. The van der Waals surface area contributed by atoms with E-state index in [1.165, 1.54) is 64.2 Å². The fraction of sp³-hybridized carbons (Fsp3) is 0.956. The molecule has 7 unspecified atom stereocenters. The summed E-state index contributed by atoms with van der Waals surface area (Å²) in [6.45, 7) is 20.7. The van der Waals surface area contributed by atoms with Crippen LogP contribution in [0.25, 0.3) is 0 Å². The second-order valence-electron chi connectivity index (χ2n) is 18.2. The van der Waals surface area contributed by atoms with Crippen molar-refractivity contribution >= 4 is 0 Å². The van der Waals surface area contributed by atoms with Gasteiger partial charge in [-0.2, -0.15) is 0 Å². The number of nitrogens with two attached hydrogens (primary N) is 3. The Morgan fingerprint density at radius 2 is 1.57 bits per heavy atom.